The van der Waals surface area contributed by atoms with E-state index in [1.807, 2.05) is 0 Å². The number of ether oxygens (including phenoxy) is 1. The van der Waals surface area contributed by atoms with Gasteiger partial charge in [-0.15, -0.1) is 0 Å². The minimum absolute atomic E-state index is 0.293. The molecule has 0 atom stereocenters. The summed E-state index contributed by atoms with van der Waals surface area (Å²) in [6, 6.07) is 3.23. The molecule has 0 aliphatic rings. The van der Waals surface area contributed by atoms with E-state index in [1.54, 1.807) is 25.4 Å². The molecule has 1 rings (SSSR count). The van der Waals surface area contributed by atoms with Crippen molar-refractivity contribution in [3.63, 3.8) is 0 Å². The van der Waals surface area contributed by atoms with E-state index in [0.29, 0.717) is 24.5 Å². The monoisotopic (exact) mass is 245 g/mol. The minimum Gasteiger partial charge on any atom is -0.385 e. The SMILES string of the molecule is COCCCc1ncccc1OS(C)(=O)=O. The summed E-state index contributed by atoms with van der Waals surface area (Å²) < 4.78 is 31.8. The van der Waals surface area contributed by atoms with Gasteiger partial charge in [0.25, 0.3) is 0 Å². The van der Waals surface area contributed by atoms with Crippen molar-refractivity contribution in [2.24, 2.45) is 0 Å². The van der Waals surface area contributed by atoms with E-state index >= 15 is 0 Å². The number of methoxy groups -OCH3 is 1. The molecule has 1 aromatic rings. The Balaban J connectivity index is 2.75. The van der Waals surface area contributed by atoms with Crippen molar-refractivity contribution < 1.29 is 17.3 Å². The van der Waals surface area contributed by atoms with Crippen molar-refractivity contribution in [3.05, 3.63) is 24.0 Å². The summed E-state index contributed by atoms with van der Waals surface area (Å²) in [5.74, 6) is 0.293. The van der Waals surface area contributed by atoms with Gasteiger partial charge < -0.3 is 8.92 Å². The average Bonchev–Trinajstić information content (AvgIpc) is 2.19. The van der Waals surface area contributed by atoms with Gasteiger partial charge in [0.15, 0.2) is 5.75 Å². The molecule has 16 heavy (non-hydrogen) atoms. The van der Waals surface area contributed by atoms with Crippen molar-refractivity contribution >= 4 is 10.1 Å². The zero-order valence-corrected chi connectivity index (χ0v) is 10.2. The van der Waals surface area contributed by atoms with Crippen LogP contribution in [0, 0.1) is 0 Å². The van der Waals surface area contributed by atoms with Crippen LogP contribution in [-0.2, 0) is 21.3 Å². The van der Waals surface area contributed by atoms with E-state index in [1.165, 1.54) is 0 Å². The van der Waals surface area contributed by atoms with Gasteiger partial charge in [-0.1, -0.05) is 0 Å². The van der Waals surface area contributed by atoms with E-state index in [2.05, 4.69) is 4.98 Å². The maximum absolute atomic E-state index is 11.0. The molecule has 6 heteroatoms. The van der Waals surface area contributed by atoms with E-state index in [9.17, 15) is 8.42 Å². The summed E-state index contributed by atoms with van der Waals surface area (Å²) in [5.41, 5.74) is 0.630. The molecule has 0 unspecified atom stereocenters. The fourth-order valence-electron chi connectivity index (χ4n) is 1.23. The normalized spacial score (nSPS) is 11.4. The van der Waals surface area contributed by atoms with Crippen molar-refractivity contribution in [2.75, 3.05) is 20.0 Å². The molecule has 0 aromatic carbocycles. The van der Waals surface area contributed by atoms with Gasteiger partial charge in [-0.05, 0) is 25.0 Å². The van der Waals surface area contributed by atoms with E-state index in [-0.39, 0.29) is 0 Å². The highest BCUT2D eigenvalue weighted by Gasteiger charge is 2.09. The summed E-state index contributed by atoms with van der Waals surface area (Å²) >= 11 is 0. The fraction of sp³-hybridized carbons (Fsp3) is 0.500. The van der Waals surface area contributed by atoms with Crippen LogP contribution in [0.2, 0.25) is 0 Å². The van der Waals surface area contributed by atoms with Gasteiger partial charge in [-0.2, -0.15) is 8.42 Å². The quantitative estimate of drug-likeness (QED) is 0.552. The molecular weight excluding hydrogens is 230 g/mol. The lowest BCUT2D eigenvalue weighted by Gasteiger charge is -2.07. The topological polar surface area (TPSA) is 65.5 Å². The van der Waals surface area contributed by atoms with Crippen LogP contribution in [0.1, 0.15) is 12.1 Å². The fourth-order valence-corrected chi connectivity index (χ4v) is 1.71. The molecule has 5 nitrogen and oxygen atoms in total. The molecule has 0 radical (unpaired) electrons. The predicted octanol–water partition coefficient (Wildman–Crippen LogP) is 0.999. The summed E-state index contributed by atoms with van der Waals surface area (Å²) in [7, 11) is -1.88. The van der Waals surface area contributed by atoms with Crippen molar-refractivity contribution in [1.82, 2.24) is 4.98 Å². The van der Waals surface area contributed by atoms with Gasteiger partial charge in [-0.25, -0.2) is 0 Å². The first-order valence-corrected chi connectivity index (χ1v) is 6.67. The number of nitrogens with zero attached hydrogens (tertiary/aromatic N) is 1. The zero-order valence-electron chi connectivity index (χ0n) is 9.34. The lowest BCUT2D eigenvalue weighted by Crippen LogP contribution is -2.08. The maximum atomic E-state index is 11.0. The summed E-state index contributed by atoms with van der Waals surface area (Å²) in [6.45, 7) is 0.606. The van der Waals surface area contributed by atoms with Crippen LogP contribution in [0.3, 0.4) is 0 Å². The maximum Gasteiger partial charge on any atom is 0.306 e. The molecule has 0 fully saturated rings. The zero-order chi connectivity index (χ0) is 12.0. The molecule has 0 aliphatic carbocycles. The van der Waals surface area contributed by atoms with Crippen molar-refractivity contribution in [1.29, 1.82) is 0 Å². The van der Waals surface area contributed by atoms with Gasteiger partial charge >= 0.3 is 10.1 Å². The van der Waals surface area contributed by atoms with Crippen LogP contribution in [0.5, 0.6) is 5.75 Å². The molecule has 0 aliphatic heterocycles. The first kappa shape index (κ1) is 12.9. The van der Waals surface area contributed by atoms with Crippen LogP contribution >= 0.6 is 0 Å². The third-order valence-electron chi connectivity index (χ3n) is 1.85. The molecule has 0 saturated carbocycles. The number of hydrogen-bond acceptors (Lipinski definition) is 5. The first-order chi connectivity index (χ1) is 7.53. The highest BCUT2D eigenvalue weighted by Crippen LogP contribution is 2.18. The summed E-state index contributed by atoms with van der Waals surface area (Å²) in [5, 5.41) is 0. The molecule has 1 heterocycles. The molecule has 0 saturated heterocycles. The number of pyridine rings is 1. The van der Waals surface area contributed by atoms with Crippen LogP contribution in [0.4, 0.5) is 0 Å². The van der Waals surface area contributed by atoms with Gasteiger partial charge in [0.1, 0.15) is 0 Å². The molecule has 1 aromatic heterocycles. The first-order valence-electron chi connectivity index (χ1n) is 4.85. The Labute approximate surface area is 95.5 Å². The number of rotatable bonds is 6. The Morgan fingerprint density at radius 2 is 2.19 bits per heavy atom. The lowest BCUT2D eigenvalue weighted by atomic mass is 10.2. The second kappa shape index (κ2) is 5.81. The van der Waals surface area contributed by atoms with Crippen LogP contribution in [0.15, 0.2) is 18.3 Å². The average molecular weight is 245 g/mol. The minimum atomic E-state index is -3.50. The summed E-state index contributed by atoms with van der Waals surface area (Å²) in [4.78, 5) is 4.09. The van der Waals surface area contributed by atoms with Gasteiger partial charge in [0, 0.05) is 19.9 Å². The second-order valence-electron chi connectivity index (χ2n) is 3.33. The van der Waals surface area contributed by atoms with Gasteiger partial charge in [-0.3, -0.25) is 4.98 Å². The smallest absolute Gasteiger partial charge is 0.306 e. The number of hydrogen-bond donors (Lipinski definition) is 0. The number of aryl methyl sites for hydroxylation is 1. The Morgan fingerprint density at radius 1 is 1.44 bits per heavy atom. The van der Waals surface area contributed by atoms with Crippen molar-refractivity contribution in [3.8, 4) is 5.75 Å². The largest absolute Gasteiger partial charge is 0.385 e. The van der Waals surface area contributed by atoms with E-state index < -0.39 is 10.1 Å². The predicted molar refractivity (Wildman–Crippen MR) is 59.9 cm³/mol. The van der Waals surface area contributed by atoms with Crippen LogP contribution in [-0.4, -0.2) is 33.4 Å². The second-order valence-corrected chi connectivity index (χ2v) is 4.91. The highest BCUT2D eigenvalue weighted by atomic mass is 32.2. The van der Waals surface area contributed by atoms with Crippen LogP contribution < -0.4 is 4.18 Å². The Kier molecular flexibility index (Phi) is 4.70. The van der Waals surface area contributed by atoms with E-state index in [4.69, 9.17) is 8.92 Å². The Morgan fingerprint density at radius 3 is 2.81 bits per heavy atom. The highest BCUT2D eigenvalue weighted by molar-refractivity contribution is 7.86. The number of aromatic nitrogens is 1. The molecule has 0 bridgehead atoms. The standard InChI is InChI=1S/C10H15NO4S/c1-14-8-4-5-9-10(6-3-7-11-9)15-16(2,12)13/h3,6-7H,4-5,8H2,1-2H3. The molecule has 0 N–H and O–H groups in total. The van der Waals surface area contributed by atoms with Gasteiger partial charge in [0.2, 0.25) is 0 Å². The van der Waals surface area contributed by atoms with Gasteiger partial charge in [0.05, 0.1) is 11.9 Å². The Bertz CT molecular complexity index is 430. The van der Waals surface area contributed by atoms with Crippen molar-refractivity contribution in [2.45, 2.75) is 12.8 Å². The molecular formula is C10H15NO4S. The molecule has 90 valence electrons. The summed E-state index contributed by atoms with van der Waals surface area (Å²) in [6.07, 6.45) is 4.02. The third kappa shape index (κ3) is 4.59. The lowest BCUT2D eigenvalue weighted by molar-refractivity contribution is 0.195. The molecule has 0 spiro atoms. The third-order valence-corrected chi connectivity index (χ3v) is 2.33. The molecule has 0 amide bonds. The van der Waals surface area contributed by atoms with E-state index in [0.717, 1.165) is 12.7 Å². The van der Waals surface area contributed by atoms with Crippen LogP contribution in [0.25, 0.3) is 0 Å². The Hall–Kier alpha value is -1.14.